The number of sulfonamides is 1. The summed E-state index contributed by atoms with van der Waals surface area (Å²) >= 11 is 6.06. The third kappa shape index (κ3) is 4.84. The summed E-state index contributed by atoms with van der Waals surface area (Å²) < 4.78 is 36.4. The van der Waals surface area contributed by atoms with E-state index < -0.39 is 22.0 Å². The Hall–Kier alpha value is -2.45. The normalized spacial score (nSPS) is 12.2. The van der Waals surface area contributed by atoms with E-state index in [-0.39, 0.29) is 5.69 Å². The van der Waals surface area contributed by atoms with Gasteiger partial charge in [0.15, 0.2) is 0 Å². The fourth-order valence-corrected chi connectivity index (χ4v) is 3.90. The number of amides is 1. The largest absolute Gasteiger partial charge is 0.497 e. The Morgan fingerprint density at radius 3 is 2.37 bits per heavy atom. The van der Waals surface area contributed by atoms with E-state index in [1.54, 1.807) is 36.4 Å². The summed E-state index contributed by atoms with van der Waals surface area (Å²) in [6.07, 6.45) is 1.02. The number of carbonyl (C=O) groups excluding carboxylic acids is 1. The Morgan fingerprint density at radius 2 is 1.81 bits per heavy atom. The second-order valence-electron chi connectivity index (χ2n) is 5.74. The summed E-state index contributed by atoms with van der Waals surface area (Å²) in [5.74, 6) is 0.176. The van der Waals surface area contributed by atoms with E-state index in [9.17, 15) is 13.2 Å². The smallest absolute Gasteiger partial charge is 0.248 e. The molecule has 0 aromatic heterocycles. The minimum Gasteiger partial charge on any atom is -0.497 e. The number of hydrogen-bond donors (Lipinski definition) is 1. The molecule has 0 saturated carbocycles. The summed E-state index contributed by atoms with van der Waals surface area (Å²) in [5, 5.41) is 3.00. The van der Waals surface area contributed by atoms with Crippen LogP contribution in [0.3, 0.4) is 0 Å². The highest BCUT2D eigenvalue weighted by molar-refractivity contribution is 7.92. The number of nitrogens with one attached hydrogen (secondary N) is 1. The molecule has 2 aromatic carbocycles. The molecule has 0 saturated heterocycles. The average molecular weight is 413 g/mol. The highest BCUT2D eigenvalue weighted by Gasteiger charge is 2.32. The zero-order valence-corrected chi connectivity index (χ0v) is 17.0. The molecule has 0 bridgehead atoms. The summed E-state index contributed by atoms with van der Waals surface area (Å²) in [7, 11) is -0.939. The van der Waals surface area contributed by atoms with Crippen LogP contribution < -0.4 is 19.1 Å². The number of anilines is 2. The molecule has 0 heterocycles. The summed E-state index contributed by atoms with van der Waals surface area (Å²) in [5.41, 5.74) is 0.586. The predicted molar refractivity (Wildman–Crippen MR) is 106 cm³/mol. The lowest BCUT2D eigenvalue weighted by molar-refractivity contribution is -0.116. The third-order valence-electron chi connectivity index (χ3n) is 3.84. The number of benzene rings is 2. The molecule has 1 amide bonds. The van der Waals surface area contributed by atoms with Gasteiger partial charge in [0, 0.05) is 6.07 Å². The van der Waals surface area contributed by atoms with E-state index in [1.807, 2.05) is 0 Å². The third-order valence-corrected chi connectivity index (χ3v) is 5.40. The molecule has 0 radical (unpaired) electrons. The first-order chi connectivity index (χ1) is 12.7. The van der Waals surface area contributed by atoms with Crippen molar-refractivity contribution in [2.24, 2.45) is 0 Å². The van der Waals surface area contributed by atoms with Crippen molar-refractivity contribution in [2.45, 2.75) is 13.0 Å². The molecule has 0 aliphatic rings. The summed E-state index contributed by atoms with van der Waals surface area (Å²) in [4.78, 5) is 12.7. The van der Waals surface area contributed by atoms with Crippen molar-refractivity contribution < 1.29 is 22.7 Å². The monoisotopic (exact) mass is 412 g/mol. The van der Waals surface area contributed by atoms with Gasteiger partial charge in [0.2, 0.25) is 15.9 Å². The fraction of sp³-hybridized carbons (Fsp3) is 0.278. The molecule has 0 aliphatic heterocycles. The van der Waals surface area contributed by atoms with E-state index in [0.29, 0.717) is 22.2 Å². The number of ether oxygens (including phenoxy) is 2. The number of nitrogens with zero attached hydrogens (tertiary/aromatic N) is 1. The Balaban J connectivity index is 2.45. The van der Waals surface area contributed by atoms with Gasteiger partial charge in [0.1, 0.15) is 17.5 Å². The Bertz CT molecular complexity index is 933. The highest BCUT2D eigenvalue weighted by atomic mass is 35.5. The number of rotatable bonds is 7. The molecule has 1 N–H and O–H groups in total. The summed E-state index contributed by atoms with van der Waals surface area (Å²) in [6, 6.07) is 10.3. The zero-order chi connectivity index (χ0) is 20.2. The molecule has 27 heavy (non-hydrogen) atoms. The lowest BCUT2D eigenvalue weighted by Gasteiger charge is -2.29. The number of halogens is 1. The molecule has 7 nitrogen and oxygen atoms in total. The molecule has 1 atom stereocenters. The van der Waals surface area contributed by atoms with Crippen molar-refractivity contribution in [3.63, 3.8) is 0 Å². The number of para-hydroxylation sites is 1. The van der Waals surface area contributed by atoms with E-state index in [2.05, 4.69) is 5.32 Å². The molecule has 0 spiro atoms. The first-order valence-electron chi connectivity index (χ1n) is 7.96. The second-order valence-corrected chi connectivity index (χ2v) is 8.01. The van der Waals surface area contributed by atoms with Crippen molar-refractivity contribution in [3.05, 3.63) is 47.5 Å². The molecule has 0 fully saturated rings. The van der Waals surface area contributed by atoms with E-state index in [0.717, 1.165) is 10.6 Å². The van der Waals surface area contributed by atoms with Gasteiger partial charge in [-0.25, -0.2) is 8.42 Å². The van der Waals surface area contributed by atoms with Crippen LogP contribution in [0.2, 0.25) is 5.02 Å². The van der Waals surface area contributed by atoms with E-state index in [1.165, 1.54) is 27.2 Å². The fourth-order valence-electron chi connectivity index (χ4n) is 2.55. The van der Waals surface area contributed by atoms with E-state index in [4.69, 9.17) is 21.1 Å². The van der Waals surface area contributed by atoms with Gasteiger partial charge in [0.25, 0.3) is 0 Å². The lowest BCUT2D eigenvalue weighted by Crippen LogP contribution is -2.45. The second kappa shape index (κ2) is 8.49. The van der Waals surface area contributed by atoms with Gasteiger partial charge in [-0.2, -0.15) is 0 Å². The van der Waals surface area contributed by atoms with Crippen LogP contribution in [-0.2, 0) is 14.8 Å². The maximum absolute atomic E-state index is 12.7. The predicted octanol–water partition coefficient (Wildman–Crippen LogP) is 3.15. The van der Waals surface area contributed by atoms with Crippen molar-refractivity contribution in [2.75, 3.05) is 30.1 Å². The molecule has 9 heteroatoms. The number of hydrogen-bond acceptors (Lipinski definition) is 5. The van der Waals surface area contributed by atoms with Crippen LogP contribution in [0.5, 0.6) is 11.5 Å². The van der Waals surface area contributed by atoms with Gasteiger partial charge < -0.3 is 14.8 Å². The van der Waals surface area contributed by atoms with Crippen LogP contribution in [-0.4, -0.2) is 40.8 Å². The minimum absolute atomic E-state index is 0.196. The Morgan fingerprint density at radius 1 is 1.15 bits per heavy atom. The van der Waals surface area contributed by atoms with Crippen LogP contribution >= 0.6 is 11.6 Å². The molecular formula is C18H21ClN2O5S. The van der Waals surface area contributed by atoms with Crippen LogP contribution in [0.4, 0.5) is 11.4 Å². The van der Waals surface area contributed by atoms with Gasteiger partial charge in [-0.3, -0.25) is 9.10 Å². The maximum atomic E-state index is 12.7. The van der Waals surface area contributed by atoms with Gasteiger partial charge in [0.05, 0.1) is 36.9 Å². The van der Waals surface area contributed by atoms with Gasteiger partial charge in [-0.05, 0) is 31.2 Å². The molecule has 2 aromatic rings. The lowest BCUT2D eigenvalue weighted by atomic mass is 10.2. The van der Waals surface area contributed by atoms with Crippen LogP contribution in [0, 0.1) is 0 Å². The Labute approximate surface area is 163 Å². The van der Waals surface area contributed by atoms with Gasteiger partial charge >= 0.3 is 0 Å². The SMILES string of the molecule is COc1ccc(OC)c(N(C(C)C(=O)Nc2ccccc2Cl)S(C)(=O)=O)c1. The van der Waals surface area contributed by atoms with Crippen molar-refractivity contribution in [1.29, 1.82) is 0 Å². The number of methoxy groups -OCH3 is 2. The molecule has 146 valence electrons. The van der Waals surface area contributed by atoms with Crippen molar-refractivity contribution >= 4 is 38.9 Å². The zero-order valence-electron chi connectivity index (χ0n) is 15.4. The maximum Gasteiger partial charge on any atom is 0.248 e. The van der Waals surface area contributed by atoms with Gasteiger partial charge in [-0.15, -0.1) is 0 Å². The van der Waals surface area contributed by atoms with E-state index >= 15 is 0 Å². The van der Waals surface area contributed by atoms with Crippen LogP contribution in [0.1, 0.15) is 6.92 Å². The molecule has 1 unspecified atom stereocenters. The molecule has 0 aliphatic carbocycles. The van der Waals surface area contributed by atoms with Crippen molar-refractivity contribution in [3.8, 4) is 11.5 Å². The summed E-state index contributed by atoms with van der Waals surface area (Å²) in [6.45, 7) is 1.48. The number of carbonyl (C=O) groups is 1. The average Bonchev–Trinajstić information content (AvgIpc) is 2.62. The van der Waals surface area contributed by atoms with Crippen LogP contribution in [0.25, 0.3) is 0 Å². The standard InChI is InChI=1S/C18H21ClN2O5S/c1-12(18(22)20-15-8-6-5-7-14(15)19)21(27(4,23)24)16-11-13(25-2)9-10-17(16)26-3/h5-12H,1-4H3,(H,20,22). The highest BCUT2D eigenvalue weighted by Crippen LogP contribution is 2.35. The Kier molecular flexibility index (Phi) is 6.56. The topological polar surface area (TPSA) is 84.9 Å². The molecule has 2 rings (SSSR count). The van der Waals surface area contributed by atoms with Gasteiger partial charge in [-0.1, -0.05) is 23.7 Å². The quantitative estimate of drug-likeness (QED) is 0.755. The minimum atomic E-state index is -3.82. The van der Waals surface area contributed by atoms with Crippen molar-refractivity contribution in [1.82, 2.24) is 0 Å². The first-order valence-corrected chi connectivity index (χ1v) is 10.2. The first kappa shape index (κ1) is 20.9. The van der Waals surface area contributed by atoms with Crippen LogP contribution in [0.15, 0.2) is 42.5 Å². The molecular weight excluding hydrogens is 392 g/mol.